The van der Waals surface area contributed by atoms with Crippen LogP contribution in [-0.2, 0) is 27.2 Å². The first-order valence-electron chi connectivity index (χ1n) is 9.90. The van der Waals surface area contributed by atoms with E-state index in [4.69, 9.17) is 5.11 Å². The number of rotatable bonds is 7. The number of carboxylic acids is 1. The Bertz CT molecular complexity index is 907. The lowest BCUT2D eigenvalue weighted by atomic mass is 10.0. The summed E-state index contributed by atoms with van der Waals surface area (Å²) in [5.74, 6) is -1.91. The fourth-order valence-electron chi connectivity index (χ4n) is 3.60. The number of aliphatic carboxylic acids is 1. The van der Waals surface area contributed by atoms with Gasteiger partial charge < -0.3 is 15.3 Å². The highest BCUT2D eigenvalue weighted by Crippen LogP contribution is 2.29. The number of hydrogen-bond acceptors (Lipinski definition) is 3. The summed E-state index contributed by atoms with van der Waals surface area (Å²) in [5, 5.41) is 11.9. The van der Waals surface area contributed by atoms with Gasteiger partial charge in [0.05, 0.1) is 11.8 Å². The number of carbonyl (C=O) groups is 3. The molecular formula is C23H26N2O4. The van der Waals surface area contributed by atoms with Crippen molar-refractivity contribution in [2.75, 3.05) is 16.8 Å². The number of carbonyl (C=O) groups excluding carboxylic acids is 2. The van der Waals surface area contributed by atoms with E-state index in [2.05, 4.69) is 5.32 Å². The molecule has 0 bridgehead atoms. The van der Waals surface area contributed by atoms with Crippen molar-refractivity contribution in [1.29, 1.82) is 0 Å². The van der Waals surface area contributed by atoms with Crippen LogP contribution in [0.5, 0.6) is 0 Å². The van der Waals surface area contributed by atoms with Crippen molar-refractivity contribution in [1.82, 2.24) is 0 Å². The molecule has 0 aromatic heterocycles. The first-order valence-corrected chi connectivity index (χ1v) is 9.90. The molecule has 2 aromatic carbocycles. The Morgan fingerprint density at radius 1 is 1.17 bits per heavy atom. The van der Waals surface area contributed by atoms with E-state index in [9.17, 15) is 14.4 Å². The Hall–Kier alpha value is -3.15. The number of anilines is 2. The minimum absolute atomic E-state index is 0.0379. The van der Waals surface area contributed by atoms with E-state index in [0.717, 1.165) is 23.2 Å². The van der Waals surface area contributed by atoms with E-state index in [1.54, 1.807) is 24.0 Å². The van der Waals surface area contributed by atoms with Gasteiger partial charge in [0.2, 0.25) is 11.8 Å². The highest BCUT2D eigenvalue weighted by molar-refractivity contribution is 6.03. The van der Waals surface area contributed by atoms with Gasteiger partial charge in [-0.25, -0.2) is 0 Å². The molecule has 1 aliphatic rings. The van der Waals surface area contributed by atoms with Crippen LogP contribution in [0, 0.1) is 11.8 Å². The number of benzene rings is 2. The van der Waals surface area contributed by atoms with Gasteiger partial charge in [-0.05, 0) is 42.2 Å². The molecule has 3 rings (SSSR count). The molecule has 2 N–H and O–H groups in total. The summed E-state index contributed by atoms with van der Waals surface area (Å²) in [6, 6.07) is 15.0. The van der Waals surface area contributed by atoms with Crippen molar-refractivity contribution in [3.63, 3.8) is 0 Å². The van der Waals surface area contributed by atoms with E-state index in [1.165, 1.54) is 0 Å². The Morgan fingerprint density at radius 3 is 2.52 bits per heavy atom. The van der Waals surface area contributed by atoms with Crippen LogP contribution in [0.4, 0.5) is 11.4 Å². The number of nitrogens with one attached hydrogen (secondary N) is 1. The van der Waals surface area contributed by atoms with Crippen molar-refractivity contribution in [2.45, 2.75) is 33.1 Å². The van der Waals surface area contributed by atoms with Gasteiger partial charge in [0.15, 0.2) is 0 Å². The second-order valence-electron chi connectivity index (χ2n) is 7.52. The van der Waals surface area contributed by atoms with E-state index in [-0.39, 0.29) is 18.2 Å². The lowest BCUT2D eigenvalue weighted by Gasteiger charge is -2.20. The first-order chi connectivity index (χ1) is 13.9. The van der Waals surface area contributed by atoms with Crippen molar-refractivity contribution in [2.24, 2.45) is 11.8 Å². The zero-order valence-electron chi connectivity index (χ0n) is 16.7. The van der Waals surface area contributed by atoms with Crippen LogP contribution in [0.2, 0.25) is 0 Å². The molecule has 1 saturated heterocycles. The molecule has 152 valence electrons. The summed E-state index contributed by atoms with van der Waals surface area (Å²) >= 11 is 0. The fraction of sp³-hybridized carbons (Fsp3) is 0.348. The van der Waals surface area contributed by atoms with Crippen LogP contribution in [0.15, 0.2) is 48.5 Å². The number of aryl methyl sites for hydroxylation is 1. The number of amides is 2. The molecule has 2 atom stereocenters. The SMILES string of the molecule is CCc1ccccc1N1CC(C(=O)Nc2ccc(CC(C)C(=O)O)cc2)CC1=O. The number of carboxylic acid groups (broad SMARTS) is 1. The average molecular weight is 394 g/mol. The fourth-order valence-corrected chi connectivity index (χ4v) is 3.60. The molecular weight excluding hydrogens is 368 g/mol. The minimum atomic E-state index is -0.831. The molecule has 0 aliphatic carbocycles. The monoisotopic (exact) mass is 394 g/mol. The van der Waals surface area contributed by atoms with E-state index < -0.39 is 17.8 Å². The van der Waals surface area contributed by atoms with Gasteiger partial charge in [0.25, 0.3) is 0 Å². The summed E-state index contributed by atoms with van der Waals surface area (Å²) in [6.45, 7) is 4.08. The summed E-state index contributed by atoms with van der Waals surface area (Å²) in [7, 11) is 0. The average Bonchev–Trinajstić information content (AvgIpc) is 3.11. The maximum atomic E-state index is 12.7. The van der Waals surface area contributed by atoms with Gasteiger partial charge in [-0.15, -0.1) is 0 Å². The third-order valence-electron chi connectivity index (χ3n) is 5.34. The van der Waals surface area contributed by atoms with E-state index in [1.807, 2.05) is 43.3 Å². The quantitative estimate of drug-likeness (QED) is 0.752. The maximum absolute atomic E-state index is 12.7. The largest absolute Gasteiger partial charge is 0.481 e. The second-order valence-corrected chi connectivity index (χ2v) is 7.52. The summed E-state index contributed by atoms with van der Waals surface area (Å²) < 4.78 is 0. The summed E-state index contributed by atoms with van der Waals surface area (Å²) in [5.41, 5.74) is 3.51. The third kappa shape index (κ3) is 4.83. The Morgan fingerprint density at radius 2 is 1.86 bits per heavy atom. The van der Waals surface area contributed by atoms with Crippen molar-refractivity contribution in [3.05, 3.63) is 59.7 Å². The predicted octanol–water partition coefficient (Wildman–Crippen LogP) is 3.50. The van der Waals surface area contributed by atoms with Crippen LogP contribution in [0.3, 0.4) is 0 Å². The molecule has 1 fully saturated rings. The molecule has 6 nitrogen and oxygen atoms in total. The molecule has 1 heterocycles. The highest BCUT2D eigenvalue weighted by Gasteiger charge is 2.35. The molecule has 6 heteroatoms. The Balaban J connectivity index is 1.63. The summed E-state index contributed by atoms with van der Waals surface area (Å²) in [4.78, 5) is 37.9. The van der Waals surface area contributed by atoms with Crippen LogP contribution in [-0.4, -0.2) is 29.4 Å². The van der Waals surface area contributed by atoms with Crippen LogP contribution >= 0.6 is 0 Å². The zero-order chi connectivity index (χ0) is 21.0. The van der Waals surface area contributed by atoms with Crippen molar-refractivity contribution >= 4 is 29.2 Å². The number of para-hydroxylation sites is 1. The lowest BCUT2D eigenvalue weighted by molar-refractivity contribution is -0.141. The number of nitrogens with zero attached hydrogens (tertiary/aromatic N) is 1. The molecule has 2 amide bonds. The van der Waals surface area contributed by atoms with Crippen molar-refractivity contribution < 1.29 is 19.5 Å². The van der Waals surface area contributed by atoms with E-state index in [0.29, 0.717) is 18.7 Å². The zero-order valence-corrected chi connectivity index (χ0v) is 16.7. The van der Waals surface area contributed by atoms with Gasteiger partial charge >= 0.3 is 5.97 Å². The van der Waals surface area contributed by atoms with Gasteiger partial charge in [-0.1, -0.05) is 44.2 Å². The van der Waals surface area contributed by atoms with E-state index >= 15 is 0 Å². The van der Waals surface area contributed by atoms with Gasteiger partial charge in [-0.3, -0.25) is 14.4 Å². The molecule has 2 unspecified atom stereocenters. The molecule has 0 saturated carbocycles. The lowest BCUT2D eigenvalue weighted by Crippen LogP contribution is -2.28. The topological polar surface area (TPSA) is 86.7 Å². The standard InChI is InChI=1S/C23H26N2O4/c1-3-17-6-4-5-7-20(17)25-14-18(13-21(25)26)22(27)24-19-10-8-16(9-11-19)12-15(2)23(28)29/h4-11,15,18H,3,12-14H2,1-2H3,(H,24,27)(H,28,29). The van der Waals surface area contributed by atoms with Crippen LogP contribution in [0.25, 0.3) is 0 Å². The first kappa shape index (κ1) is 20.6. The Kier molecular flexibility index (Phi) is 6.32. The second kappa shape index (κ2) is 8.90. The molecule has 2 aromatic rings. The van der Waals surface area contributed by atoms with Gasteiger partial charge in [-0.2, -0.15) is 0 Å². The molecule has 0 spiro atoms. The maximum Gasteiger partial charge on any atom is 0.306 e. The predicted molar refractivity (Wildman–Crippen MR) is 112 cm³/mol. The normalized spacial score (nSPS) is 17.2. The summed E-state index contributed by atoms with van der Waals surface area (Å²) in [6.07, 6.45) is 1.45. The van der Waals surface area contributed by atoms with Gasteiger partial charge in [0, 0.05) is 24.3 Å². The number of hydrogen-bond donors (Lipinski definition) is 2. The van der Waals surface area contributed by atoms with Crippen molar-refractivity contribution in [3.8, 4) is 0 Å². The highest BCUT2D eigenvalue weighted by atomic mass is 16.4. The molecule has 0 radical (unpaired) electrons. The van der Waals surface area contributed by atoms with Crippen LogP contribution < -0.4 is 10.2 Å². The molecule has 29 heavy (non-hydrogen) atoms. The minimum Gasteiger partial charge on any atom is -0.481 e. The smallest absolute Gasteiger partial charge is 0.306 e. The molecule has 1 aliphatic heterocycles. The third-order valence-corrected chi connectivity index (χ3v) is 5.34. The van der Waals surface area contributed by atoms with Gasteiger partial charge in [0.1, 0.15) is 0 Å². The van der Waals surface area contributed by atoms with Crippen LogP contribution in [0.1, 0.15) is 31.4 Å². The Labute approximate surface area is 170 Å².